The van der Waals surface area contributed by atoms with Crippen molar-refractivity contribution < 1.29 is 9.59 Å². The maximum Gasteiger partial charge on any atom is 0.251 e. The van der Waals surface area contributed by atoms with Crippen LogP contribution in [0.1, 0.15) is 41.6 Å². The smallest absolute Gasteiger partial charge is 0.251 e. The SMILES string of the molecule is O=C1Cc2cnc(Nc3ccc(C(=O)NC4CCCC4)cc3)nc2-c2ccc(Cl)cc2N1. The maximum atomic E-state index is 12.4. The number of benzene rings is 2. The highest BCUT2D eigenvalue weighted by Gasteiger charge is 2.21. The molecule has 2 aliphatic rings. The highest BCUT2D eigenvalue weighted by atomic mass is 35.5. The van der Waals surface area contributed by atoms with Gasteiger partial charge in [0.05, 0.1) is 17.8 Å². The second kappa shape index (κ2) is 8.59. The molecule has 0 unspecified atom stereocenters. The molecule has 1 saturated carbocycles. The van der Waals surface area contributed by atoms with Gasteiger partial charge in [-0.3, -0.25) is 9.59 Å². The Labute approximate surface area is 190 Å². The fourth-order valence-corrected chi connectivity index (χ4v) is 4.37. The molecule has 0 radical (unpaired) electrons. The van der Waals surface area contributed by atoms with Gasteiger partial charge in [-0.25, -0.2) is 9.97 Å². The first kappa shape index (κ1) is 20.5. The molecule has 0 spiro atoms. The zero-order valence-electron chi connectivity index (χ0n) is 17.3. The molecule has 0 atom stereocenters. The van der Waals surface area contributed by atoms with E-state index in [1.54, 1.807) is 30.5 Å². The van der Waals surface area contributed by atoms with Gasteiger partial charge >= 0.3 is 0 Å². The minimum atomic E-state index is -0.136. The highest BCUT2D eigenvalue weighted by Crippen LogP contribution is 2.34. The predicted octanol–water partition coefficient (Wildman–Crippen LogP) is 4.71. The van der Waals surface area contributed by atoms with E-state index in [0.717, 1.165) is 29.7 Å². The average molecular weight is 448 g/mol. The van der Waals surface area contributed by atoms with Gasteiger partial charge in [-0.2, -0.15) is 0 Å². The van der Waals surface area contributed by atoms with Gasteiger partial charge < -0.3 is 16.0 Å². The summed E-state index contributed by atoms with van der Waals surface area (Å²) < 4.78 is 0. The number of fused-ring (bicyclic) bond motifs is 3. The average Bonchev–Trinajstić information content (AvgIpc) is 3.24. The lowest BCUT2D eigenvalue weighted by Gasteiger charge is -2.13. The summed E-state index contributed by atoms with van der Waals surface area (Å²) in [6.45, 7) is 0. The highest BCUT2D eigenvalue weighted by molar-refractivity contribution is 6.31. The zero-order chi connectivity index (χ0) is 22.1. The van der Waals surface area contributed by atoms with Gasteiger partial charge in [0, 0.05) is 39.6 Å². The van der Waals surface area contributed by atoms with Crippen molar-refractivity contribution in [3.8, 4) is 11.3 Å². The maximum absolute atomic E-state index is 12.4. The molecule has 5 rings (SSSR count). The summed E-state index contributed by atoms with van der Waals surface area (Å²) in [5, 5.41) is 9.69. The van der Waals surface area contributed by atoms with Crippen LogP contribution in [0.25, 0.3) is 11.3 Å². The predicted molar refractivity (Wildman–Crippen MR) is 124 cm³/mol. The van der Waals surface area contributed by atoms with E-state index >= 15 is 0 Å². The number of carbonyl (C=O) groups excluding carboxylic acids is 2. The van der Waals surface area contributed by atoms with Crippen LogP contribution in [0.5, 0.6) is 0 Å². The minimum absolute atomic E-state index is 0.0443. The number of carbonyl (C=O) groups is 2. The summed E-state index contributed by atoms with van der Waals surface area (Å²) in [4.78, 5) is 33.7. The largest absolute Gasteiger partial charge is 0.349 e. The van der Waals surface area contributed by atoms with Crippen molar-refractivity contribution in [1.82, 2.24) is 15.3 Å². The third kappa shape index (κ3) is 4.29. The number of hydrogen-bond donors (Lipinski definition) is 3. The number of hydrogen-bond acceptors (Lipinski definition) is 5. The number of amides is 2. The van der Waals surface area contributed by atoms with Gasteiger partial charge in [0.1, 0.15) is 0 Å². The summed E-state index contributed by atoms with van der Waals surface area (Å²) in [5.74, 6) is 0.224. The molecule has 1 aliphatic carbocycles. The van der Waals surface area contributed by atoms with E-state index in [-0.39, 0.29) is 24.3 Å². The number of nitrogens with one attached hydrogen (secondary N) is 3. The van der Waals surface area contributed by atoms with Crippen molar-refractivity contribution in [2.24, 2.45) is 0 Å². The molecule has 0 bridgehead atoms. The molecular weight excluding hydrogens is 426 g/mol. The van der Waals surface area contributed by atoms with E-state index < -0.39 is 0 Å². The van der Waals surface area contributed by atoms with Crippen LogP contribution >= 0.6 is 11.6 Å². The minimum Gasteiger partial charge on any atom is -0.349 e. The number of aromatic nitrogens is 2. The monoisotopic (exact) mass is 447 g/mol. The van der Waals surface area contributed by atoms with Crippen LogP contribution in [0.4, 0.5) is 17.3 Å². The van der Waals surface area contributed by atoms with Gasteiger partial charge in [0.25, 0.3) is 5.91 Å². The van der Waals surface area contributed by atoms with E-state index in [9.17, 15) is 9.59 Å². The van der Waals surface area contributed by atoms with Gasteiger partial charge in [0.15, 0.2) is 0 Å². The summed E-state index contributed by atoms with van der Waals surface area (Å²) in [7, 11) is 0. The molecule has 1 fully saturated rings. The molecule has 0 saturated heterocycles. The fourth-order valence-electron chi connectivity index (χ4n) is 4.20. The van der Waals surface area contributed by atoms with Crippen LogP contribution in [0.2, 0.25) is 5.02 Å². The first-order valence-electron chi connectivity index (χ1n) is 10.7. The van der Waals surface area contributed by atoms with E-state index in [2.05, 4.69) is 25.9 Å². The van der Waals surface area contributed by atoms with E-state index in [1.165, 1.54) is 12.8 Å². The van der Waals surface area contributed by atoms with Crippen molar-refractivity contribution in [2.45, 2.75) is 38.1 Å². The normalized spacial score (nSPS) is 15.3. The molecule has 2 heterocycles. The number of anilines is 3. The summed E-state index contributed by atoms with van der Waals surface area (Å²) in [6.07, 6.45) is 6.31. The van der Waals surface area contributed by atoms with Crippen LogP contribution in [0.3, 0.4) is 0 Å². The van der Waals surface area contributed by atoms with Crippen molar-refractivity contribution >= 4 is 40.7 Å². The molecule has 7 nitrogen and oxygen atoms in total. The molecule has 8 heteroatoms. The van der Waals surface area contributed by atoms with Crippen LogP contribution in [-0.4, -0.2) is 27.8 Å². The second-order valence-corrected chi connectivity index (χ2v) is 8.58. The molecule has 2 amide bonds. The molecule has 162 valence electrons. The molecule has 1 aliphatic heterocycles. The Morgan fingerprint density at radius 1 is 1.09 bits per heavy atom. The van der Waals surface area contributed by atoms with Crippen LogP contribution in [0.15, 0.2) is 48.7 Å². The first-order valence-corrected chi connectivity index (χ1v) is 11.1. The van der Waals surface area contributed by atoms with Gasteiger partial charge in [-0.1, -0.05) is 24.4 Å². The Morgan fingerprint density at radius 3 is 2.66 bits per heavy atom. The summed E-state index contributed by atoms with van der Waals surface area (Å²) >= 11 is 6.10. The molecular formula is C24H22ClN5O2. The third-order valence-electron chi connectivity index (χ3n) is 5.82. The Bertz CT molecular complexity index is 1190. The Balaban J connectivity index is 1.36. The quantitative estimate of drug-likeness (QED) is 0.538. The van der Waals surface area contributed by atoms with Crippen molar-refractivity contribution in [3.05, 3.63) is 64.8 Å². The molecule has 3 aromatic rings. The molecule has 2 aromatic carbocycles. The van der Waals surface area contributed by atoms with E-state index in [4.69, 9.17) is 11.6 Å². The summed E-state index contributed by atoms with van der Waals surface area (Å²) in [6, 6.07) is 12.9. The van der Waals surface area contributed by atoms with Gasteiger partial charge in [-0.05, 0) is 55.3 Å². The van der Waals surface area contributed by atoms with Crippen molar-refractivity contribution in [3.63, 3.8) is 0 Å². The Hall–Kier alpha value is -3.45. The molecule has 32 heavy (non-hydrogen) atoms. The lowest BCUT2D eigenvalue weighted by molar-refractivity contribution is -0.115. The molecule has 3 N–H and O–H groups in total. The van der Waals surface area contributed by atoms with Crippen molar-refractivity contribution in [2.75, 3.05) is 10.6 Å². The number of nitrogens with zero attached hydrogens (tertiary/aromatic N) is 2. The van der Waals surface area contributed by atoms with Crippen LogP contribution in [-0.2, 0) is 11.2 Å². The number of rotatable bonds is 4. The lowest BCUT2D eigenvalue weighted by atomic mass is 10.1. The fraction of sp³-hybridized carbons (Fsp3) is 0.250. The van der Waals surface area contributed by atoms with Gasteiger partial charge in [-0.15, -0.1) is 0 Å². The van der Waals surface area contributed by atoms with Crippen molar-refractivity contribution in [1.29, 1.82) is 0 Å². The van der Waals surface area contributed by atoms with Gasteiger partial charge in [0.2, 0.25) is 11.9 Å². The standard InChI is InChI=1S/C24H22ClN5O2/c25-16-7-10-19-20(12-16)29-21(31)11-15-13-26-24(30-22(15)19)28-18-8-5-14(6-9-18)23(32)27-17-3-1-2-4-17/h5-10,12-13,17H,1-4,11H2,(H,27,32)(H,29,31)(H,26,28,30). The Morgan fingerprint density at radius 2 is 1.88 bits per heavy atom. The Kier molecular flexibility index (Phi) is 5.49. The topological polar surface area (TPSA) is 96.0 Å². The second-order valence-electron chi connectivity index (χ2n) is 8.14. The van der Waals surface area contributed by atoms with E-state index in [0.29, 0.717) is 27.9 Å². The third-order valence-corrected chi connectivity index (χ3v) is 6.06. The first-order chi connectivity index (χ1) is 15.5. The number of halogens is 1. The molecule has 1 aromatic heterocycles. The van der Waals surface area contributed by atoms with Crippen LogP contribution < -0.4 is 16.0 Å². The summed E-state index contributed by atoms with van der Waals surface area (Å²) in [5.41, 5.74) is 4.23. The lowest BCUT2D eigenvalue weighted by Crippen LogP contribution is -2.32. The van der Waals surface area contributed by atoms with Crippen LogP contribution in [0, 0.1) is 0 Å². The van der Waals surface area contributed by atoms with E-state index in [1.807, 2.05) is 18.2 Å². The zero-order valence-corrected chi connectivity index (χ0v) is 18.1.